The number of nitrogens with zero attached hydrogens (tertiary/aromatic N) is 1. The summed E-state index contributed by atoms with van der Waals surface area (Å²) in [4.78, 5) is 4.38. The molecular weight excluding hydrogens is 210 g/mol. The maximum absolute atomic E-state index is 9.21. The maximum atomic E-state index is 9.21. The van der Waals surface area contributed by atoms with Gasteiger partial charge in [0.1, 0.15) is 6.26 Å². The van der Waals surface area contributed by atoms with E-state index in [9.17, 15) is 5.11 Å². The lowest BCUT2D eigenvalue weighted by Crippen LogP contribution is -2.06. The summed E-state index contributed by atoms with van der Waals surface area (Å²) in [6.45, 7) is 1.77. The number of hydrogen-bond acceptors (Lipinski definition) is 4. The molecule has 1 aromatic heterocycles. The minimum atomic E-state index is -0.343. The fraction of sp³-hybridized carbons (Fsp3) is 0.727. The molecule has 1 fully saturated rings. The molecule has 0 saturated carbocycles. The summed E-state index contributed by atoms with van der Waals surface area (Å²) in [7, 11) is 0. The second kappa shape index (κ2) is 5.03. The number of hydrogen-bond donors (Lipinski definition) is 1. The summed E-state index contributed by atoms with van der Waals surface area (Å²) in [6.07, 6.45) is 4.14. The summed E-state index contributed by atoms with van der Waals surface area (Å²) in [5, 5.41) is 9.21. The van der Waals surface area contributed by atoms with Crippen LogP contribution in [0.4, 0.5) is 0 Å². The van der Waals surface area contributed by atoms with Gasteiger partial charge in [-0.3, -0.25) is 0 Å². The van der Waals surface area contributed by atoms with E-state index in [1.165, 1.54) is 17.9 Å². The third-order valence-corrected chi connectivity index (χ3v) is 3.82. The second-order valence-corrected chi connectivity index (χ2v) is 5.37. The highest BCUT2D eigenvalue weighted by Crippen LogP contribution is 2.26. The fourth-order valence-corrected chi connectivity index (χ4v) is 3.11. The summed E-state index contributed by atoms with van der Waals surface area (Å²) in [6, 6.07) is 0. The largest absolute Gasteiger partial charge is 0.449 e. The Labute approximate surface area is 94.3 Å². The first kappa shape index (κ1) is 11.0. The zero-order valence-corrected chi connectivity index (χ0v) is 9.80. The van der Waals surface area contributed by atoms with Gasteiger partial charge in [0, 0.05) is 12.8 Å². The summed E-state index contributed by atoms with van der Waals surface area (Å²) in [5.74, 6) is 4.06. The third-order valence-electron chi connectivity index (χ3n) is 2.59. The van der Waals surface area contributed by atoms with Gasteiger partial charge in [-0.1, -0.05) is 0 Å². The quantitative estimate of drug-likeness (QED) is 0.853. The molecule has 0 radical (unpaired) electrons. The molecule has 2 atom stereocenters. The van der Waals surface area contributed by atoms with Gasteiger partial charge in [-0.2, -0.15) is 11.8 Å². The van der Waals surface area contributed by atoms with Crippen LogP contribution in [-0.4, -0.2) is 27.7 Å². The van der Waals surface area contributed by atoms with E-state index in [2.05, 4.69) is 4.98 Å². The Bertz CT molecular complexity index is 305. The van der Waals surface area contributed by atoms with E-state index in [1.807, 2.05) is 11.8 Å². The van der Waals surface area contributed by atoms with Crippen LogP contribution in [0.3, 0.4) is 0 Å². The molecule has 2 unspecified atom stereocenters. The van der Waals surface area contributed by atoms with Gasteiger partial charge in [0.05, 0.1) is 11.8 Å². The maximum Gasteiger partial charge on any atom is 0.194 e. The Hall–Kier alpha value is -0.480. The third kappa shape index (κ3) is 3.24. The lowest BCUT2D eigenvalue weighted by molar-refractivity contribution is 0.194. The summed E-state index contributed by atoms with van der Waals surface area (Å²) >= 11 is 2.01. The second-order valence-electron chi connectivity index (χ2n) is 4.22. The van der Waals surface area contributed by atoms with Gasteiger partial charge in [-0.25, -0.2) is 4.98 Å². The number of aliphatic hydroxyl groups excluding tert-OH is 1. The van der Waals surface area contributed by atoms with Crippen LogP contribution in [0.25, 0.3) is 0 Å². The normalized spacial score (nSPS) is 23.2. The van der Waals surface area contributed by atoms with Gasteiger partial charge in [-0.05, 0) is 30.8 Å². The Morgan fingerprint density at radius 1 is 1.73 bits per heavy atom. The number of aliphatic hydroxyl groups is 1. The number of rotatable bonds is 4. The van der Waals surface area contributed by atoms with Crippen molar-refractivity contribution in [3.63, 3.8) is 0 Å². The molecule has 0 aliphatic carbocycles. The lowest BCUT2D eigenvalue weighted by Gasteiger charge is -2.02. The molecule has 0 amide bonds. The standard InChI is InChI=1S/C11H17NO2S/c1-8(13)4-10-6-14-11(12-10)5-9-2-3-15-7-9/h6,8-9,13H,2-5,7H2,1H3. The predicted molar refractivity (Wildman–Crippen MR) is 61.0 cm³/mol. The molecule has 1 aliphatic rings. The van der Waals surface area contributed by atoms with Crippen molar-refractivity contribution in [3.05, 3.63) is 17.8 Å². The molecular formula is C11H17NO2S. The zero-order chi connectivity index (χ0) is 10.7. The predicted octanol–water partition coefficient (Wildman–Crippen LogP) is 1.89. The molecule has 3 nitrogen and oxygen atoms in total. The van der Waals surface area contributed by atoms with Crippen LogP contribution in [0.2, 0.25) is 0 Å². The molecule has 0 bridgehead atoms. The van der Waals surface area contributed by atoms with Crippen molar-refractivity contribution in [2.45, 2.75) is 32.3 Å². The molecule has 1 aliphatic heterocycles. The van der Waals surface area contributed by atoms with Crippen LogP contribution < -0.4 is 0 Å². The number of aromatic nitrogens is 1. The Morgan fingerprint density at radius 3 is 3.27 bits per heavy atom. The van der Waals surface area contributed by atoms with Crippen molar-refractivity contribution in [3.8, 4) is 0 Å². The van der Waals surface area contributed by atoms with E-state index in [4.69, 9.17) is 4.42 Å². The van der Waals surface area contributed by atoms with E-state index >= 15 is 0 Å². The molecule has 2 heterocycles. The van der Waals surface area contributed by atoms with E-state index in [-0.39, 0.29) is 6.10 Å². The van der Waals surface area contributed by atoms with E-state index in [0.29, 0.717) is 6.42 Å². The van der Waals surface area contributed by atoms with Gasteiger partial charge in [0.2, 0.25) is 0 Å². The monoisotopic (exact) mass is 227 g/mol. The molecule has 1 N–H and O–H groups in total. The van der Waals surface area contributed by atoms with Crippen molar-refractivity contribution in [2.75, 3.05) is 11.5 Å². The van der Waals surface area contributed by atoms with Gasteiger partial charge in [0.25, 0.3) is 0 Å². The van der Waals surface area contributed by atoms with Crippen LogP contribution in [0.5, 0.6) is 0 Å². The van der Waals surface area contributed by atoms with Crippen molar-refractivity contribution < 1.29 is 9.52 Å². The highest BCUT2D eigenvalue weighted by Gasteiger charge is 2.18. The van der Waals surface area contributed by atoms with Crippen molar-refractivity contribution in [2.24, 2.45) is 5.92 Å². The van der Waals surface area contributed by atoms with E-state index in [1.54, 1.807) is 13.2 Å². The van der Waals surface area contributed by atoms with E-state index in [0.717, 1.165) is 23.9 Å². The number of thioether (sulfide) groups is 1. The highest BCUT2D eigenvalue weighted by molar-refractivity contribution is 7.99. The smallest absolute Gasteiger partial charge is 0.194 e. The molecule has 0 spiro atoms. The molecule has 1 aromatic rings. The van der Waals surface area contributed by atoms with Crippen molar-refractivity contribution >= 4 is 11.8 Å². The average Bonchev–Trinajstić information content (AvgIpc) is 2.77. The topological polar surface area (TPSA) is 46.3 Å². The van der Waals surface area contributed by atoms with Crippen LogP contribution in [-0.2, 0) is 12.8 Å². The molecule has 1 saturated heterocycles. The van der Waals surface area contributed by atoms with Crippen LogP contribution in [0.1, 0.15) is 24.9 Å². The van der Waals surface area contributed by atoms with Crippen molar-refractivity contribution in [1.82, 2.24) is 4.98 Å². The van der Waals surface area contributed by atoms with Crippen LogP contribution >= 0.6 is 11.8 Å². The molecule has 4 heteroatoms. The van der Waals surface area contributed by atoms with Gasteiger partial charge in [-0.15, -0.1) is 0 Å². The Balaban J connectivity index is 1.88. The van der Waals surface area contributed by atoms with Crippen LogP contribution in [0.15, 0.2) is 10.7 Å². The molecule has 84 valence electrons. The summed E-state index contributed by atoms with van der Waals surface area (Å²) < 4.78 is 5.40. The minimum absolute atomic E-state index is 0.343. The Kier molecular flexibility index (Phi) is 3.70. The highest BCUT2D eigenvalue weighted by atomic mass is 32.2. The van der Waals surface area contributed by atoms with Gasteiger partial charge >= 0.3 is 0 Å². The zero-order valence-electron chi connectivity index (χ0n) is 8.98. The lowest BCUT2D eigenvalue weighted by atomic mass is 10.1. The molecule has 2 rings (SSSR count). The fourth-order valence-electron chi connectivity index (χ4n) is 1.83. The molecule has 0 aromatic carbocycles. The SMILES string of the molecule is CC(O)Cc1coc(CC2CCSC2)n1. The molecule has 15 heavy (non-hydrogen) atoms. The first-order chi connectivity index (χ1) is 7.24. The first-order valence-corrected chi connectivity index (χ1v) is 6.58. The van der Waals surface area contributed by atoms with Crippen molar-refractivity contribution in [1.29, 1.82) is 0 Å². The van der Waals surface area contributed by atoms with Gasteiger partial charge < -0.3 is 9.52 Å². The van der Waals surface area contributed by atoms with E-state index < -0.39 is 0 Å². The summed E-state index contributed by atoms with van der Waals surface area (Å²) in [5.41, 5.74) is 0.866. The number of oxazole rings is 1. The first-order valence-electron chi connectivity index (χ1n) is 5.43. The Morgan fingerprint density at radius 2 is 2.60 bits per heavy atom. The van der Waals surface area contributed by atoms with Gasteiger partial charge in [0.15, 0.2) is 5.89 Å². The van der Waals surface area contributed by atoms with Crippen LogP contribution in [0, 0.1) is 5.92 Å². The minimum Gasteiger partial charge on any atom is -0.449 e. The average molecular weight is 227 g/mol.